The van der Waals surface area contributed by atoms with Gasteiger partial charge in [-0.05, 0) is 30.5 Å². The van der Waals surface area contributed by atoms with Gasteiger partial charge in [0.25, 0.3) is 0 Å². The molecule has 0 heterocycles. The average molecular weight is 385 g/mol. The Hall–Kier alpha value is -1.89. The van der Waals surface area contributed by atoms with Crippen molar-refractivity contribution in [3.63, 3.8) is 0 Å². The van der Waals surface area contributed by atoms with E-state index in [9.17, 15) is 19.5 Å². The van der Waals surface area contributed by atoms with Gasteiger partial charge in [0.2, 0.25) is 11.8 Å². The topological polar surface area (TPSA) is 95.5 Å². The maximum Gasteiger partial charge on any atom is 0.330 e. The molecule has 126 valence electrons. The van der Waals surface area contributed by atoms with Crippen LogP contribution in [-0.2, 0) is 14.4 Å². The Morgan fingerprint density at radius 3 is 2.30 bits per heavy atom. The Bertz CT molecular complexity index is 546. The number of nitrogens with one attached hydrogen (secondary N) is 2. The van der Waals surface area contributed by atoms with Crippen LogP contribution in [0.25, 0.3) is 0 Å². The van der Waals surface area contributed by atoms with Crippen molar-refractivity contribution in [2.24, 2.45) is 0 Å². The smallest absolute Gasteiger partial charge is 0.330 e. The van der Waals surface area contributed by atoms with Gasteiger partial charge in [-0.2, -0.15) is 0 Å². The van der Waals surface area contributed by atoms with Crippen LogP contribution in [0.2, 0.25) is 0 Å². The first-order valence-electron chi connectivity index (χ1n) is 7.48. The lowest BCUT2D eigenvalue weighted by Gasteiger charge is -2.15. The van der Waals surface area contributed by atoms with Crippen molar-refractivity contribution in [1.82, 2.24) is 10.6 Å². The standard InChI is InChI=1S/C16H21BrN2O4/c1-2-10-18-13(20)4-3-5-14(21)19-15(16(22)23)11-6-8-12(17)9-7-11/h6-9,15H,2-5,10H2,1H3,(H,18,20)(H,19,21)(H,22,23). The predicted molar refractivity (Wildman–Crippen MR) is 89.8 cm³/mol. The van der Waals surface area contributed by atoms with Crippen LogP contribution in [-0.4, -0.2) is 29.4 Å². The van der Waals surface area contributed by atoms with Gasteiger partial charge in [-0.15, -0.1) is 0 Å². The minimum absolute atomic E-state index is 0.0951. The summed E-state index contributed by atoms with van der Waals surface area (Å²) in [6, 6.07) is 5.62. The molecule has 3 N–H and O–H groups in total. The molecule has 0 fully saturated rings. The molecular formula is C16H21BrN2O4. The molecule has 1 aromatic rings. The van der Waals surface area contributed by atoms with E-state index in [1.54, 1.807) is 24.3 Å². The van der Waals surface area contributed by atoms with Crippen LogP contribution < -0.4 is 10.6 Å². The molecule has 0 saturated heterocycles. The van der Waals surface area contributed by atoms with Gasteiger partial charge < -0.3 is 15.7 Å². The van der Waals surface area contributed by atoms with Gasteiger partial charge in [0, 0.05) is 23.9 Å². The number of carbonyl (C=O) groups excluding carboxylic acids is 2. The molecule has 1 atom stereocenters. The molecule has 0 radical (unpaired) electrons. The number of carboxylic acid groups (broad SMARTS) is 1. The number of halogens is 1. The molecule has 0 spiro atoms. The summed E-state index contributed by atoms with van der Waals surface area (Å²) in [4.78, 5) is 34.6. The summed E-state index contributed by atoms with van der Waals surface area (Å²) in [5.41, 5.74) is 0.495. The molecule has 0 aromatic heterocycles. The van der Waals surface area contributed by atoms with E-state index in [0.717, 1.165) is 10.9 Å². The van der Waals surface area contributed by atoms with Gasteiger partial charge in [-0.1, -0.05) is 35.0 Å². The van der Waals surface area contributed by atoms with Crippen molar-refractivity contribution in [2.75, 3.05) is 6.54 Å². The number of hydrogen-bond donors (Lipinski definition) is 3. The van der Waals surface area contributed by atoms with Crippen molar-refractivity contribution in [3.05, 3.63) is 34.3 Å². The Morgan fingerprint density at radius 2 is 1.74 bits per heavy atom. The van der Waals surface area contributed by atoms with Crippen LogP contribution in [0.5, 0.6) is 0 Å². The Morgan fingerprint density at radius 1 is 1.13 bits per heavy atom. The first kappa shape index (κ1) is 19.2. The molecule has 23 heavy (non-hydrogen) atoms. The molecule has 0 aliphatic carbocycles. The van der Waals surface area contributed by atoms with E-state index in [4.69, 9.17) is 0 Å². The summed E-state index contributed by atoms with van der Waals surface area (Å²) in [6.45, 7) is 2.58. The fraction of sp³-hybridized carbons (Fsp3) is 0.438. The van der Waals surface area contributed by atoms with Gasteiger partial charge in [-0.3, -0.25) is 9.59 Å². The van der Waals surface area contributed by atoms with E-state index >= 15 is 0 Å². The number of carboxylic acids is 1. The highest BCUT2D eigenvalue weighted by molar-refractivity contribution is 9.10. The van der Waals surface area contributed by atoms with E-state index in [1.807, 2.05) is 6.92 Å². The van der Waals surface area contributed by atoms with Gasteiger partial charge in [-0.25, -0.2) is 4.79 Å². The number of benzene rings is 1. The maximum atomic E-state index is 11.9. The van der Waals surface area contributed by atoms with E-state index in [1.165, 1.54) is 0 Å². The summed E-state index contributed by atoms with van der Waals surface area (Å²) in [7, 11) is 0. The zero-order valence-electron chi connectivity index (χ0n) is 13.0. The normalized spacial score (nSPS) is 11.6. The van der Waals surface area contributed by atoms with Crippen molar-refractivity contribution in [2.45, 2.75) is 38.6 Å². The third kappa shape index (κ3) is 7.27. The quantitative estimate of drug-likeness (QED) is 0.608. The van der Waals surface area contributed by atoms with Crippen molar-refractivity contribution in [1.29, 1.82) is 0 Å². The fourth-order valence-electron chi connectivity index (χ4n) is 1.94. The predicted octanol–water partition coefficient (Wildman–Crippen LogP) is 2.39. The molecule has 2 amide bonds. The number of rotatable bonds is 9. The number of hydrogen-bond acceptors (Lipinski definition) is 3. The summed E-state index contributed by atoms with van der Waals surface area (Å²) in [5.74, 6) is -1.60. The first-order chi connectivity index (χ1) is 10.9. The zero-order valence-corrected chi connectivity index (χ0v) is 14.6. The average Bonchev–Trinajstić information content (AvgIpc) is 2.51. The van der Waals surface area contributed by atoms with Crippen molar-refractivity contribution < 1.29 is 19.5 Å². The number of amides is 2. The number of carbonyl (C=O) groups is 3. The molecule has 0 aliphatic rings. The van der Waals surface area contributed by atoms with E-state index in [2.05, 4.69) is 26.6 Å². The lowest BCUT2D eigenvalue weighted by atomic mass is 10.1. The lowest BCUT2D eigenvalue weighted by molar-refractivity contribution is -0.142. The third-order valence-corrected chi connectivity index (χ3v) is 3.66. The van der Waals surface area contributed by atoms with Crippen LogP contribution in [0.4, 0.5) is 0 Å². The van der Waals surface area contributed by atoms with Crippen LogP contribution in [0.1, 0.15) is 44.2 Å². The fourth-order valence-corrected chi connectivity index (χ4v) is 2.20. The molecule has 0 aliphatic heterocycles. The molecule has 0 saturated carbocycles. The van der Waals surface area contributed by atoms with Gasteiger partial charge in [0.05, 0.1) is 0 Å². The molecule has 7 heteroatoms. The molecule has 6 nitrogen and oxygen atoms in total. The van der Waals surface area contributed by atoms with Crippen LogP contribution in [0, 0.1) is 0 Å². The largest absolute Gasteiger partial charge is 0.479 e. The highest BCUT2D eigenvalue weighted by atomic mass is 79.9. The van der Waals surface area contributed by atoms with E-state index in [0.29, 0.717) is 18.5 Å². The first-order valence-corrected chi connectivity index (χ1v) is 8.27. The number of aliphatic carboxylic acids is 1. The molecule has 0 bridgehead atoms. The van der Waals surface area contributed by atoms with Crippen LogP contribution in [0.3, 0.4) is 0 Å². The SMILES string of the molecule is CCCNC(=O)CCCC(=O)NC(C(=O)O)c1ccc(Br)cc1. The lowest BCUT2D eigenvalue weighted by Crippen LogP contribution is -2.33. The zero-order chi connectivity index (χ0) is 17.2. The van der Waals surface area contributed by atoms with Crippen LogP contribution >= 0.6 is 15.9 Å². The van der Waals surface area contributed by atoms with Crippen LogP contribution in [0.15, 0.2) is 28.7 Å². The summed E-state index contributed by atoms with van der Waals surface area (Å²) in [6.07, 6.45) is 1.61. The minimum atomic E-state index is -1.12. The van der Waals surface area contributed by atoms with E-state index < -0.39 is 12.0 Å². The van der Waals surface area contributed by atoms with Gasteiger partial charge >= 0.3 is 5.97 Å². The van der Waals surface area contributed by atoms with Gasteiger partial charge in [0.15, 0.2) is 6.04 Å². The highest BCUT2D eigenvalue weighted by Crippen LogP contribution is 2.17. The third-order valence-electron chi connectivity index (χ3n) is 3.14. The van der Waals surface area contributed by atoms with Gasteiger partial charge in [0.1, 0.15) is 0 Å². The van der Waals surface area contributed by atoms with Crippen molar-refractivity contribution in [3.8, 4) is 0 Å². The van der Waals surface area contributed by atoms with E-state index in [-0.39, 0.29) is 24.7 Å². The Balaban J connectivity index is 2.47. The Labute approximate surface area is 143 Å². The molecule has 1 unspecified atom stereocenters. The molecule has 1 aromatic carbocycles. The summed E-state index contributed by atoms with van der Waals surface area (Å²) >= 11 is 3.28. The van der Waals surface area contributed by atoms with Crippen molar-refractivity contribution >= 4 is 33.7 Å². The second-order valence-electron chi connectivity index (χ2n) is 5.09. The summed E-state index contributed by atoms with van der Waals surface area (Å²) < 4.78 is 0.829. The molecular weight excluding hydrogens is 364 g/mol. The Kier molecular flexibility index (Phi) is 8.32. The minimum Gasteiger partial charge on any atom is -0.479 e. The highest BCUT2D eigenvalue weighted by Gasteiger charge is 2.21. The summed E-state index contributed by atoms with van der Waals surface area (Å²) in [5, 5.41) is 14.5. The maximum absolute atomic E-state index is 11.9. The second-order valence-corrected chi connectivity index (χ2v) is 6.01. The molecule has 1 rings (SSSR count). The second kappa shape index (κ2) is 9.99. The monoisotopic (exact) mass is 384 g/mol.